The predicted molar refractivity (Wildman–Crippen MR) is 53.1 cm³/mol. The molecule has 1 atom stereocenters. The minimum Gasteiger partial charge on any atom is -0.339 e. The lowest BCUT2D eigenvalue weighted by Gasteiger charge is -2.06. The predicted octanol–water partition coefficient (Wildman–Crippen LogP) is 1.49. The van der Waals surface area contributed by atoms with Crippen molar-refractivity contribution in [2.45, 2.75) is 38.5 Å². The van der Waals surface area contributed by atoms with Crippen molar-refractivity contribution in [2.75, 3.05) is 13.1 Å². The fourth-order valence-corrected chi connectivity index (χ4v) is 1.84. The third-order valence-electron chi connectivity index (χ3n) is 2.72. The van der Waals surface area contributed by atoms with E-state index < -0.39 is 0 Å². The first-order valence-electron chi connectivity index (χ1n) is 5.43. The molecule has 0 unspecified atom stereocenters. The summed E-state index contributed by atoms with van der Waals surface area (Å²) in [6, 6.07) is 0. The SMILES string of the molecule is CCc1noc([C@H]2CCCNCC2)n1. The van der Waals surface area contributed by atoms with Crippen molar-refractivity contribution in [1.82, 2.24) is 15.5 Å². The lowest BCUT2D eigenvalue weighted by atomic mass is 10.0. The maximum absolute atomic E-state index is 5.26. The highest BCUT2D eigenvalue weighted by molar-refractivity contribution is 4.95. The normalized spacial score (nSPS) is 23.4. The van der Waals surface area contributed by atoms with Crippen molar-refractivity contribution in [3.63, 3.8) is 0 Å². The number of nitrogens with zero attached hydrogens (tertiary/aromatic N) is 2. The zero-order valence-electron chi connectivity index (χ0n) is 8.62. The molecule has 4 heteroatoms. The summed E-state index contributed by atoms with van der Waals surface area (Å²) in [5.74, 6) is 2.14. The Kier molecular flexibility index (Phi) is 3.14. The molecule has 0 bridgehead atoms. The molecule has 1 aromatic rings. The molecule has 2 rings (SSSR count). The Balaban J connectivity index is 2.04. The van der Waals surface area contributed by atoms with E-state index in [0.717, 1.165) is 37.6 Å². The highest BCUT2D eigenvalue weighted by atomic mass is 16.5. The van der Waals surface area contributed by atoms with Gasteiger partial charge in [-0.05, 0) is 32.4 Å². The van der Waals surface area contributed by atoms with E-state index in [1.54, 1.807) is 0 Å². The second-order valence-electron chi connectivity index (χ2n) is 3.78. The third kappa shape index (κ3) is 2.12. The van der Waals surface area contributed by atoms with Gasteiger partial charge in [0.15, 0.2) is 5.82 Å². The van der Waals surface area contributed by atoms with Crippen LogP contribution in [0.1, 0.15) is 43.8 Å². The zero-order chi connectivity index (χ0) is 9.80. The first-order chi connectivity index (χ1) is 6.90. The second kappa shape index (κ2) is 4.55. The van der Waals surface area contributed by atoms with Crippen LogP contribution in [0.25, 0.3) is 0 Å². The van der Waals surface area contributed by atoms with E-state index in [0.29, 0.717) is 5.92 Å². The molecule has 0 amide bonds. The Morgan fingerprint density at radius 1 is 1.43 bits per heavy atom. The van der Waals surface area contributed by atoms with Gasteiger partial charge < -0.3 is 9.84 Å². The molecule has 0 aliphatic carbocycles. The third-order valence-corrected chi connectivity index (χ3v) is 2.72. The summed E-state index contributed by atoms with van der Waals surface area (Å²) < 4.78 is 5.26. The quantitative estimate of drug-likeness (QED) is 0.776. The fourth-order valence-electron chi connectivity index (χ4n) is 1.84. The van der Waals surface area contributed by atoms with Gasteiger partial charge in [-0.25, -0.2) is 0 Å². The van der Waals surface area contributed by atoms with Gasteiger partial charge in [0.1, 0.15) is 0 Å². The van der Waals surface area contributed by atoms with Crippen LogP contribution >= 0.6 is 0 Å². The van der Waals surface area contributed by atoms with Crippen LogP contribution in [0.3, 0.4) is 0 Å². The van der Waals surface area contributed by atoms with E-state index in [9.17, 15) is 0 Å². The number of nitrogens with one attached hydrogen (secondary N) is 1. The molecule has 1 N–H and O–H groups in total. The van der Waals surface area contributed by atoms with Gasteiger partial charge in [0.25, 0.3) is 0 Å². The average Bonchev–Trinajstić information content (AvgIpc) is 2.53. The molecule has 0 radical (unpaired) electrons. The fraction of sp³-hybridized carbons (Fsp3) is 0.800. The van der Waals surface area contributed by atoms with E-state index in [4.69, 9.17) is 4.52 Å². The number of rotatable bonds is 2. The van der Waals surface area contributed by atoms with Gasteiger partial charge >= 0.3 is 0 Å². The van der Waals surface area contributed by atoms with Gasteiger partial charge in [-0.3, -0.25) is 0 Å². The van der Waals surface area contributed by atoms with E-state index >= 15 is 0 Å². The Morgan fingerprint density at radius 3 is 3.14 bits per heavy atom. The highest BCUT2D eigenvalue weighted by Gasteiger charge is 2.19. The molecule has 78 valence electrons. The molecule has 4 nitrogen and oxygen atoms in total. The van der Waals surface area contributed by atoms with Crippen molar-refractivity contribution in [2.24, 2.45) is 0 Å². The smallest absolute Gasteiger partial charge is 0.229 e. The summed E-state index contributed by atoms with van der Waals surface area (Å²) in [5.41, 5.74) is 0. The van der Waals surface area contributed by atoms with Crippen LogP contribution in [-0.4, -0.2) is 23.2 Å². The maximum Gasteiger partial charge on any atom is 0.229 e. The van der Waals surface area contributed by atoms with Crippen molar-refractivity contribution in [3.8, 4) is 0 Å². The zero-order valence-corrected chi connectivity index (χ0v) is 8.62. The van der Waals surface area contributed by atoms with Crippen molar-refractivity contribution in [1.29, 1.82) is 0 Å². The van der Waals surface area contributed by atoms with Gasteiger partial charge in [0, 0.05) is 12.3 Å². The molecule has 1 aliphatic rings. The molecule has 1 aliphatic heterocycles. The summed E-state index contributed by atoms with van der Waals surface area (Å²) in [5, 5.41) is 7.31. The van der Waals surface area contributed by atoms with Crippen LogP contribution in [0.2, 0.25) is 0 Å². The molecule has 14 heavy (non-hydrogen) atoms. The van der Waals surface area contributed by atoms with E-state index in [2.05, 4.69) is 15.5 Å². The molecular formula is C10H17N3O. The van der Waals surface area contributed by atoms with Crippen LogP contribution < -0.4 is 5.32 Å². The van der Waals surface area contributed by atoms with Gasteiger partial charge in [-0.1, -0.05) is 12.1 Å². The van der Waals surface area contributed by atoms with Crippen molar-refractivity contribution >= 4 is 0 Å². The monoisotopic (exact) mass is 195 g/mol. The second-order valence-corrected chi connectivity index (χ2v) is 3.78. The minimum atomic E-state index is 0.470. The summed E-state index contributed by atoms with van der Waals surface area (Å²) in [6.45, 7) is 4.23. The van der Waals surface area contributed by atoms with Crippen LogP contribution in [0.4, 0.5) is 0 Å². The van der Waals surface area contributed by atoms with Crippen molar-refractivity contribution < 1.29 is 4.52 Å². The Morgan fingerprint density at radius 2 is 2.36 bits per heavy atom. The van der Waals surface area contributed by atoms with Crippen LogP contribution in [0, 0.1) is 0 Å². The largest absolute Gasteiger partial charge is 0.339 e. The molecule has 1 fully saturated rings. The van der Waals surface area contributed by atoms with Crippen molar-refractivity contribution in [3.05, 3.63) is 11.7 Å². The van der Waals surface area contributed by atoms with E-state index in [1.807, 2.05) is 6.92 Å². The Bertz CT molecular complexity index is 277. The standard InChI is InChI=1S/C10H17N3O/c1-2-9-12-10(14-13-9)8-4-3-6-11-7-5-8/h8,11H,2-7H2,1H3/t8-/m0/s1. The molecule has 0 aromatic carbocycles. The first-order valence-corrected chi connectivity index (χ1v) is 5.43. The summed E-state index contributed by atoms with van der Waals surface area (Å²) >= 11 is 0. The Hall–Kier alpha value is -0.900. The topological polar surface area (TPSA) is 51.0 Å². The summed E-state index contributed by atoms with van der Waals surface area (Å²) in [4.78, 5) is 4.39. The summed E-state index contributed by atoms with van der Waals surface area (Å²) in [7, 11) is 0. The lowest BCUT2D eigenvalue weighted by Crippen LogP contribution is -2.13. The van der Waals surface area contributed by atoms with E-state index in [-0.39, 0.29) is 0 Å². The number of hydrogen-bond acceptors (Lipinski definition) is 4. The van der Waals surface area contributed by atoms with Gasteiger partial charge in [0.2, 0.25) is 5.89 Å². The van der Waals surface area contributed by atoms with Gasteiger partial charge in [-0.15, -0.1) is 0 Å². The number of aryl methyl sites for hydroxylation is 1. The summed E-state index contributed by atoms with van der Waals surface area (Å²) in [6.07, 6.45) is 4.34. The van der Waals surface area contributed by atoms with Crippen LogP contribution in [-0.2, 0) is 6.42 Å². The highest BCUT2D eigenvalue weighted by Crippen LogP contribution is 2.24. The van der Waals surface area contributed by atoms with E-state index in [1.165, 1.54) is 12.8 Å². The van der Waals surface area contributed by atoms with Crippen LogP contribution in [0.15, 0.2) is 4.52 Å². The number of hydrogen-bond donors (Lipinski definition) is 1. The maximum atomic E-state index is 5.26. The van der Waals surface area contributed by atoms with Gasteiger partial charge in [0.05, 0.1) is 0 Å². The molecule has 0 spiro atoms. The molecule has 0 saturated carbocycles. The molecule has 2 heterocycles. The lowest BCUT2D eigenvalue weighted by molar-refractivity contribution is 0.339. The minimum absolute atomic E-state index is 0.470. The Labute approximate surface area is 84.1 Å². The average molecular weight is 195 g/mol. The molecular weight excluding hydrogens is 178 g/mol. The number of aromatic nitrogens is 2. The van der Waals surface area contributed by atoms with Gasteiger partial charge in [-0.2, -0.15) is 4.98 Å². The first kappa shape index (κ1) is 9.65. The molecule has 1 aromatic heterocycles. The molecule has 1 saturated heterocycles. The van der Waals surface area contributed by atoms with Crippen LogP contribution in [0.5, 0.6) is 0 Å².